The van der Waals surface area contributed by atoms with Crippen molar-refractivity contribution in [3.05, 3.63) is 0 Å². The van der Waals surface area contributed by atoms with Crippen LogP contribution in [0, 0.1) is 23.7 Å². The Balaban J connectivity index is 0.000000696. The first-order chi connectivity index (χ1) is 21.5. The Morgan fingerprint density at radius 2 is 1.07 bits per heavy atom. The SMILES string of the molecule is CC.CC.CC.CC.CC1CCN(CCC2CCN(C)CC2)CC1.CSN1CCC(CCN2CCC(C)CC23CCC3)CC1. The van der Waals surface area contributed by atoms with Crippen molar-refractivity contribution in [1.82, 2.24) is 19.0 Å². The molecule has 5 heteroatoms. The van der Waals surface area contributed by atoms with Crippen LogP contribution in [0.4, 0.5) is 0 Å². The summed E-state index contributed by atoms with van der Waals surface area (Å²) >= 11 is 1.93. The molecule has 0 aromatic heterocycles. The number of nitrogens with zero attached hydrogens (tertiary/aromatic N) is 4. The summed E-state index contributed by atoms with van der Waals surface area (Å²) in [5.74, 6) is 3.95. The first-order valence-electron chi connectivity index (χ1n) is 19.9. The van der Waals surface area contributed by atoms with E-state index >= 15 is 0 Å². The zero-order valence-corrected chi connectivity index (χ0v) is 33.4. The van der Waals surface area contributed by atoms with Crippen LogP contribution >= 0.6 is 11.9 Å². The standard InChI is InChI=1S/C17H32N2S.C14H28N2.4C2H6/c1-15-4-10-18(17(14-15)8-3-9-17)11-5-16-6-12-19(20-2)13-7-16;1-13-3-10-16(11-4-13)12-7-14-5-8-15(2)9-6-14;4*1-2/h15-16H,3-14H2,1-2H3;13-14H,3-12H2,1-2H3;4*1-2H3. The lowest BCUT2D eigenvalue weighted by Crippen LogP contribution is -2.58. The average Bonchev–Trinajstić information content (AvgIpc) is 3.08. The Hall–Kier alpha value is 0.190. The molecule has 5 rings (SSSR count). The molecule has 1 spiro atoms. The molecule has 1 atom stereocenters. The number of rotatable bonds is 7. The molecule has 266 valence electrons. The van der Waals surface area contributed by atoms with Gasteiger partial charge in [0.25, 0.3) is 0 Å². The van der Waals surface area contributed by atoms with E-state index in [0.29, 0.717) is 5.54 Å². The molecule has 1 unspecified atom stereocenters. The van der Waals surface area contributed by atoms with Gasteiger partial charge in [0.2, 0.25) is 0 Å². The maximum atomic E-state index is 2.90. The largest absolute Gasteiger partial charge is 0.306 e. The van der Waals surface area contributed by atoms with Gasteiger partial charge in [0.15, 0.2) is 0 Å². The third-order valence-corrected chi connectivity index (χ3v) is 11.7. The maximum Gasteiger partial charge on any atom is 0.0212 e. The third-order valence-electron chi connectivity index (χ3n) is 10.8. The smallest absolute Gasteiger partial charge is 0.0212 e. The minimum Gasteiger partial charge on any atom is -0.306 e. The van der Waals surface area contributed by atoms with Crippen molar-refractivity contribution < 1.29 is 0 Å². The minimum atomic E-state index is 0.650. The summed E-state index contributed by atoms with van der Waals surface area (Å²) in [6.07, 6.45) is 21.1. The fourth-order valence-corrected chi connectivity index (χ4v) is 8.24. The highest BCUT2D eigenvalue weighted by molar-refractivity contribution is 7.96. The summed E-state index contributed by atoms with van der Waals surface area (Å²) in [6, 6.07) is 0. The lowest BCUT2D eigenvalue weighted by Gasteiger charge is -2.55. The van der Waals surface area contributed by atoms with Crippen LogP contribution in [0.25, 0.3) is 0 Å². The predicted octanol–water partition coefficient (Wildman–Crippen LogP) is 10.6. The molecule has 1 aliphatic carbocycles. The quantitative estimate of drug-likeness (QED) is 0.256. The van der Waals surface area contributed by atoms with E-state index in [4.69, 9.17) is 0 Å². The first-order valence-corrected chi connectivity index (χ1v) is 21.1. The molecular formula is C39H84N4S. The van der Waals surface area contributed by atoms with Crippen LogP contribution < -0.4 is 0 Å². The highest BCUT2D eigenvalue weighted by atomic mass is 32.2. The Morgan fingerprint density at radius 1 is 0.591 bits per heavy atom. The fraction of sp³-hybridized carbons (Fsp3) is 1.00. The van der Waals surface area contributed by atoms with Gasteiger partial charge in [0, 0.05) is 18.6 Å². The normalized spacial score (nSPS) is 25.2. The molecule has 0 radical (unpaired) electrons. The molecule has 4 nitrogen and oxygen atoms in total. The highest BCUT2D eigenvalue weighted by Crippen LogP contribution is 2.46. The van der Waals surface area contributed by atoms with E-state index in [9.17, 15) is 0 Å². The van der Waals surface area contributed by atoms with Crippen molar-refractivity contribution in [3.8, 4) is 0 Å². The second-order valence-corrected chi connectivity index (χ2v) is 14.4. The van der Waals surface area contributed by atoms with Crippen LogP contribution in [0.3, 0.4) is 0 Å². The number of likely N-dealkylation sites (tertiary alicyclic amines) is 3. The van der Waals surface area contributed by atoms with Crippen LogP contribution in [0.2, 0.25) is 0 Å². The molecular weight excluding hydrogens is 557 g/mol. The monoisotopic (exact) mass is 641 g/mol. The van der Waals surface area contributed by atoms with Crippen LogP contribution in [-0.2, 0) is 0 Å². The molecule has 5 fully saturated rings. The topological polar surface area (TPSA) is 13.0 Å². The molecule has 1 saturated carbocycles. The highest BCUT2D eigenvalue weighted by Gasteiger charge is 2.45. The number of hydrogen-bond acceptors (Lipinski definition) is 5. The van der Waals surface area contributed by atoms with E-state index in [1.807, 2.05) is 67.3 Å². The number of piperidine rings is 4. The van der Waals surface area contributed by atoms with Crippen LogP contribution in [0.1, 0.15) is 153 Å². The zero-order valence-electron chi connectivity index (χ0n) is 32.6. The van der Waals surface area contributed by atoms with Crippen LogP contribution in [-0.4, -0.2) is 96.8 Å². The van der Waals surface area contributed by atoms with Crippen molar-refractivity contribution in [2.24, 2.45) is 23.7 Å². The Morgan fingerprint density at radius 3 is 1.55 bits per heavy atom. The third kappa shape index (κ3) is 16.3. The summed E-state index contributed by atoms with van der Waals surface area (Å²) < 4.78 is 2.53. The predicted molar refractivity (Wildman–Crippen MR) is 204 cm³/mol. The van der Waals surface area contributed by atoms with E-state index in [1.165, 1.54) is 142 Å². The van der Waals surface area contributed by atoms with Gasteiger partial charge in [0.05, 0.1) is 0 Å². The Labute approximate surface area is 284 Å². The first kappa shape index (κ1) is 44.2. The summed E-state index contributed by atoms with van der Waals surface area (Å²) in [5.41, 5.74) is 0.650. The molecule has 4 heterocycles. The van der Waals surface area contributed by atoms with Crippen molar-refractivity contribution >= 4 is 11.9 Å². The molecule has 0 aromatic carbocycles. The van der Waals surface area contributed by atoms with Crippen molar-refractivity contribution in [2.75, 3.05) is 72.2 Å². The zero-order chi connectivity index (χ0) is 33.4. The second-order valence-electron chi connectivity index (χ2n) is 13.6. The Kier molecular flexibility index (Phi) is 27.3. The van der Waals surface area contributed by atoms with Gasteiger partial charge in [-0.2, -0.15) is 0 Å². The van der Waals surface area contributed by atoms with Gasteiger partial charge in [-0.05, 0) is 166 Å². The maximum absolute atomic E-state index is 2.90. The van der Waals surface area contributed by atoms with Crippen LogP contribution in [0.15, 0.2) is 0 Å². The number of hydrogen-bond donors (Lipinski definition) is 0. The molecule has 4 aliphatic heterocycles. The second kappa shape index (κ2) is 27.2. The van der Waals surface area contributed by atoms with Gasteiger partial charge in [-0.15, -0.1) is 0 Å². The van der Waals surface area contributed by atoms with E-state index in [1.54, 1.807) is 0 Å². The summed E-state index contributed by atoms with van der Waals surface area (Å²) in [4.78, 5) is 8.06. The molecule has 0 amide bonds. The molecule has 5 aliphatic rings. The van der Waals surface area contributed by atoms with E-state index in [2.05, 4.69) is 46.2 Å². The van der Waals surface area contributed by atoms with Gasteiger partial charge < -0.3 is 9.80 Å². The average molecular weight is 641 g/mol. The van der Waals surface area contributed by atoms with E-state index < -0.39 is 0 Å². The van der Waals surface area contributed by atoms with Gasteiger partial charge in [0.1, 0.15) is 0 Å². The van der Waals surface area contributed by atoms with Crippen molar-refractivity contribution in [1.29, 1.82) is 0 Å². The molecule has 44 heavy (non-hydrogen) atoms. The molecule has 0 N–H and O–H groups in total. The lowest BCUT2D eigenvalue weighted by atomic mass is 9.67. The minimum absolute atomic E-state index is 0.650. The lowest BCUT2D eigenvalue weighted by molar-refractivity contribution is -0.0381. The molecule has 4 saturated heterocycles. The van der Waals surface area contributed by atoms with Gasteiger partial charge in [-0.25, -0.2) is 0 Å². The van der Waals surface area contributed by atoms with Gasteiger partial charge in [-0.1, -0.05) is 81.2 Å². The van der Waals surface area contributed by atoms with Crippen LogP contribution in [0.5, 0.6) is 0 Å². The van der Waals surface area contributed by atoms with E-state index in [-0.39, 0.29) is 0 Å². The summed E-state index contributed by atoms with van der Waals surface area (Å²) in [6.45, 7) is 33.0. The molecule has 0 aromatic rings. The van der Waals surface area contributed by atoms with E-state index in [0.717, 1.165) is 23.7 Å². The summed E-state index contributed by atoms with van der Waals surface area (Å²) in [7, 11) is 2.25. The fourth-order valence-electron chi connectivity index (χ4n) is 7.67. The summed E-state index contributed by atoms with van der Waals surface area (Å²) in [5, 5.41) is 0. The van der Waals surface area contributed by atoms with Gasteiger partial charge in [-0.3, -0.25) is 9.21 Å². The Bertz CT molecular complexity index is 581. The van der Waals surface area contributed by atoms with Crippen molar-refractivity contribution in [3.63, 3.8) is 0 Å². The molecule has 0 bridgehead atoms. The van der Waals surface area contributed by atoms with Gasteiger partial charge >= 0.3 is 0 Å². The van der Waals surface area contributed by atoms with Crippen molar-refractivity contribution in [2.45, 2.75) is 158 Å².